The van der Waals surface area contributed by atoms with Crippen molar-refractivity contribution >= 4 is 0 Å². The molecule has 0 saturated carbocycles. The predicted octanol–water partition coefficient (Wildman–Crippen LogP) is 2.24. The summed E-state index contributed by atoms with van der Waals surface area (Å²) in [5, 5.41) is 12.2. The summed E-state index contributed by atoms with van der Waals surface area (Å²) in [6.07, 6.45) is 0.0982. The number of rotatable bonds is 4. The van der Waals surface area contributed by atoms with Gasteiger partial charge in [-0.2, -0.15) is 4.68 Å². The predicted molar refractivity (Wildman–Crippen MR) is 89.6 cm³/mol. The van der Waals surface area contributed by atoms with Crippen molar-refractivity contribution in [1.82, 2.24) is 25.1 Å². The Morgan fingerprint density at radius 2 is 1.75 bits per heavy atom. The summed E-state index contributed by atoms with van der Waals surface area (Å²) in [5.74, 6) is 0.843. The lowest BCUT2D eigenvalue weighted by Gasteiger charge is -2.32. The number of aromatic nitrogens is 4. The smallest absolute Gasteiger partial charge is 0.170 e. The highest BCUT2D eigenvalue weighted by molar-refractivity contribution is 5.30. The van der Waals surface area contributed by atoms with Gasteiger partial charge >= 0.3 is 0 Å². The Morgan fingerprint density at radius 3 is 2.54 bits per heavy atom. The van der Waals surface area contributed by atoms with Gasteiger partial charge in [-0.3, -0.25) is 4.90 Å². The standard InChI is InChI=1S/C18H19N5O/c1-3-7-15(8-4-1)17-13-22(11-12-24-17)14-18-19-20-21-23(18)16-9-5-2-6-10-16/h1-10,17H,11-14H2. The Labute approximate surface area is 140 Å². The minimum Gasteiger partial charge on any atom is -0.371 e. The second kappa shape index (κ2) is 6.90. The molecule has 1 saturated heterocycles. The summed E-state index contributed by atoms with van der Waals surface area (Å²) in [4.78, 5) is 2.34. The molecule has 2 aromatic carbocycles. The Morgan fingerprint density at radius 1 is 1.00 bits per heavy atom. The van der Waals surface area contributed by atoms with Crippen LogP contribution in [0.2, 0.25) is 0 Å². The van der Waals surface area contributed by atoms with Crippen LogP contribution in [0.25, 0.3) is 5.69 Å². The van der Waals surface area contributed by atoms with Gasteiger partial charge in [-0.25, -0.2) is 0 Å². The van der Waals surface area contributed by atoms with E-state index in [0.29, 0.717) is 13.2 Å². The minimum atomic E-state index is 0.0982. The molecule has 1 aromatic heterocycles. The van der Waals surface area contributed by atoms with E-state index in [1.807, 2.05) is 48.5 Å². The van der Waals surface area contributed by atoms with Crippen molar-refractivity contribution in [3.63, 3.8) is 0 Å². The zero-order valence-electron chi connectivity index (χ0n) is 13.3. The molecular weight excluding hydrogens is 302 g/mol. The summed E-state index contributed by atoms with van der Waals surface area (Å²) in [5.41, 5.74) is 2.19. The molecule has 2 heterocycles. The molecule has 3 aromatic rings. The second-order valence-corrected chi connectivity index (χ2v) is 5.85. The van der Waals surface area contributed by atoms with Crippen molar-refractivity contribution < 1.29 is 4.74 Å². The highest BCUT2D eigenvalue weighted by Crippen LogP contribution is 2.23. The lowest BCUT2D eigenvalue weighted by molar-refractivity contribution is -0.0338. The van der Waals surface area contributed by atoms with E-state index in [1.54, 1.807) is 4.68 Å². The largest absolute Gasteiger partial charge is 0.371 e. The molecule has 0 N–H and O–H groups in total. The van der Waals surface area contributed by atoms with Gasteiger partial charge in [-0.1, -0.05) is 48.5 Å². The summed E-state index contributed by atoms with van der Waals surface area (Å²) < 4.78 is 7.73. The molecule has 0 bridgehead atoms. The summed E-state index contributed by atoms with van der Waals surface area (Å²) in [7, 11) is 0. The van der Waals surface area contributed by atoms with E-state index >= 15 is 0 Å². The van der Waals surface area contributed by atoms with Crippen LogP contribution in [0.5, 0.6) is 0 Å². The first-order valence-corrected chi connectivity index (χ1v) is 8.12. The van der Waals surface area contributed by atoms with Crippen LogP contribution in [0.1, 0.15) is 17.5 Å². The van der Waals surface area contributed by atoms with Crippen LogP contribution >= 0.6 is 0 Å². The summed E-state index contributed by atoms with van der Waals surface area (Å²) in [6.45, 7) is 3.14. The molecule has 1 unspecified atom stereocenters. The van der Waals surface area contributed by atoms with Gasteiger partial charge in [0, 0.05) is 13.1 Å². The SMILES string of the molecule is c1ccc(C2CN(Cc3nnnn3-c3ccccc3)CCO2)cc1. The van der Waals surface area contributed by atoms with Crippen LogP contribution in [-0.2, 0) is 11.3 Å². The number of para-hydroxylation sites is 1. The quantitative estimate of drug-likeness (QED) is 0.737. The van der Waals surface area contributed by atoms with E-state index in [4.69, 9.17) is 4.74 Å². The number of hydrogen-bond donors (Lipinski definition) is 0. The maximum Gasteiger partial charge on any atom is 0.170 e. The maximum absolute atomic E-state index is 5.93. The molecule has 1 aliphatic rings. The lowest BCUT2D eigenvalue weighted by atomic mass is 10.1. The number of nitrogens with zero attached hydrogens (tertiary/aromatic N) is 5. The first-order valence-electron chi connectivity index (χ1n) is 8.12. The first-order chi connectivity index (χ1) is 11.9. The normalized spacial score (nSPS) is 18.6. The van der Waals surface area contributed by atoms with Crippen molar-refractivity contribution in [1.29, 1.82) is 0 Å². The molecule has 0 radical (unpaired) electrons. The fourth-order valence-electron chi connectivity index (χ4n) is 2.99. The van der Waals surface area contributed by atoms with Gasteiger partial charge in [0.2, 0.25) is 0 Å². The molecule has 1 atom stereocenters. The fourth-order valence-corrected chi connectivity index (χ4v) is 2.99. The van der Waals surface area contributed by atoms with Gasteiger partial charge in [0.05, 0.1) is 24.9 Å². The zero-order valence-corrected chi connectivity index (χ0v) is 13.3. The van der Waals surface area contributed by atoms with Crippen LogP contribution in [-0.4, -0.2) is 44.8 Å². The molecule has 122 valence electrons. The molecule has 24 heavy (non-hydrogen) atoms. The monoisotopic (exact) mass is 321 g/mol. The van der Waals surface area contributed by atoms with Crippen molar-refractivity contribution in [3.8, 4) is 5.69 Å². The van der Waals surface area contributed by atoms with Crippen molar-refractivity contribution in [2.45, 2.75) is 12.6 Å². The first kappa shape index (κ1) is 15.0. The average Bonchev–Trinajstić information content (AvgIpc) is 3.11. The third-order valence-electron chi connectivity index (χ3n) is 4.22. The van der Waals surface area contributed by atoms with Gasteiger partial charge in [0.25, 0.3) is 0 Å². The van der Waals surface area contributed by atoms with Crippen LogP contribution in [0.15, 0.2) is 60.7 Å². The van der Waals surface area contributed by atoms with E-state index in [-0.39, 0.29) is 6.10 Å². The summed E-state index contributed by atoms with van der Waals surface area (Å²) >= 11 is 0. The van der Waals surface area contributed by atoms with Crippen LogP contribution in [0.4, 0.5) is 0 Å². The average molecular weight is 321 g/mol. The molecule has 4 rings (SSSR count). The van der Waals surface area contributed by atoms with Crippen molar-refractivity contribution in [3.05, 3.63) is 72.1 Å². The van der Waals surface area contributed by atoms with Gasteiger partial charge < -0.3 is 4.74 Å². The summed E-state index contributed by atoms with van der Waals surface area (Å²) in [6, 6.07) is 20.3. The van der Waals surface area contributed by atoms with E-state index < -0.39 is 0 Å². The number of ether oxygens (including phenoxy) is 1. The number of hydrogen-bond acceptors (Lipinski definition) is 5. The van der Waals surface area contributed by atoms with E-state index in [0.717, 1.165) is 24.6 Å². The van der Waals surface area contributed by atoms with Gasteiger partial charge in [-0.05, 0) is 28.1 Å². The molecule has 1 fully saturated rings. The highest BCUT2D eigenvalue weighted by Gasteiger charge is 2.23. The van der Waals surface area contributed by atoms with Crippen LogP contribution < -0.4 is 0 Å². The van der Waals surface area contributed by atoms with E-state index in [2.05, 4.69) is 32.6 Å². The molecule has 0 amide bonds. The molecule has 6 nitrogen and oxygen atoms in total. The number of benzene rings is 2. The van der Waals surface area contributed by atoms with Gasteiger partial charge in [0.1, 0.15) is 0 Å². The molecule has 6 heteroatoms. The molecule has 1 aliphatic heterocycles. The van der Waals surface area contributed by atoms with E-state index in [1.165, 1.54) is 5.56 Å². The lowest BCUT2D eigenvalue weighted by Crippen LogP contribution is -2.38. The van der Waals surface area contributed by atoms with Gasteiger partial charge in [-0.15, -0.1) is 5.10 Å². The minimum absolute atomic E-state index is 0.0982. The van der Waals surface area contributed by atoms with Crippen molar-refractivity contribution in [2.24, 2.45) is 0 Å². The molecular formula is C18H19N5O. The number of morpholine rings is 1. The Balaban J connectivity index is 1.49. The topological polar surface area (TPSA) is 56.1 Å². The Hall–Kier alpha value is -2.57. The Bertz CT molecular complexity index is 774. The third-order valence-corrected chi connectivity index (χ3v) is 4.22. The third kappa shape index (κ3) is 3.20. The van der Waals surface area contributed by atoms with Crippen molar-refractivity contribution in [2.75, 3.05) is 19.7 Å². The number of tetrazole rings is 1. The van der Waals surface area contributed by atoms with Crippen LogP contribution in [0.3, 0.4) is 0 Å². The fraction of sp³-hybridized carbons (Fsp3) is 0.278. The highest BCUT2D eigenvalue weighted by atomic mass is 16.5. The molecule has 0 aliphatic carbocycles. The zero-order chi connectivity index (χ0) is 16.2. The maximum atomic E-state index is 5.93. The van der Waals surface area contributed by atoms with E-state index in [9.17, 15) is 0 Å². The van der Waals surface area contributed by atoms with Gasteiger partial charge in [0.15, 0.2) is 5.82 Å². The second-order valence-electron chi connectivity index (χ2n) is 5.85. The Kier molecular flexibility index (Phi) is 4.31. The molecule has 0 spiro atoms. The van der Waals surface area contributed by atoms with Crippen LogP contribution in [0, 0.1) is 0 Å².